The van der Waals surface area contributed by atoms with E-state index in [1.54, 1.807) is 12.1 Å². The molecule has 1 fully saturated rings. The predicted octanol–water partition coefficient (Wildman–Crippen LogP) is 4.27. The van der Waals surface area contributed by atoms with Gasteiger partial charge in [-0.25, -0.2) is 0 Å². The van der Waals surface area contributed by atoms with E-state index in [1.807, 2.05) is 31.2 Å². The molecule has 0 atom stereocenters. The first-order chi connectivity index (χ1) is 13.0. The molecular weight excluding hydrogens is 432 g/mol. The maximum absolute atomic E-state index is 12.4. The summed E-state index contributed by atoms with van der Waals surface area (Å²) in [5, 5.41) is 2.19. The van der Waals surface area contributed by atoms with Gasteiger partial charge in [0.15, 0.2) is 0 Å². The summed E-state index contributed by atoms with van der Waals surface area (Å²) in [7, 11) is 0. The van der Waals surface area contributed by atoms with Crippen LogP contribution in [0, 0.1) is 0 Å². The fraction of sp³-hybridized carbons (Fsp3) is 0.211. The molecule has 0 unspecified atom stereocenters. The molecule has 1 aliphatic rings. The number of carbonyl (C=O) groups excluding carboxylic acids is 3. The molecule has 0 saturated carbocycles. The first-order valence-corrected chi connectivity index (χ1v) is 9.96. The van der Waals surface area contributed by atoms with E-state index in [0.717, 1.165) is 33.1 Å². The molecule has 2 heterocycles. The molecule has 3 rings (SSSR count). The quantitative estimate of drug-likeness (QED) is 0.667. The van der Waals surface area contributed by atoms with Gasteiger partial charge in [-0.2, -0.15) is 0 Å². The summed E-state index contributed by atoms with van der Waals surface area (Å²) in [6.07, 6.45) is 2.31. The molecule has 1 saturated heterocycles. The average Bonchev–Trinajstić information content (AvgIpc) is 3.21. The maximum atomic E-state index is 12.4. The Kier molecular flexibility index (Phi) is 6.18. The highest BCUT2D eigenvalue weighted by Gasteiger charge is 2.36. The van der Waals surface area contributed by atoms with Crippen molar-refractivity contribution >= 4 is 50.8 Å². The Morgan fingerprint density at radius 2 is 1.96 bits per heavy atom. The minimum Gasteiger partial charge on any atom is -0.457 e. The lowest BCUT2D eigenvalue weighted by molar-refractivity contribution is -0.129. The third kappa shape index (κ3) is 4.70. The van der Waals surface area contributed by atoms with Crippen LogP contribution in [0.1, 0.15) is 19.1 Å². The fourth-order valence-electron chi connectivity index (χ4n) is 2.43. The molecule has 0 radical (unpaired) electrons. The Morgan fingerprint density at radius 3 is 2.67 bits per heavy atom. The number of imide groups is 1. The molecule has 1 aliphatic heterocycles. The molecule has 8 heteroatoms. The van der Waals surface area contributed by atoms with Gasteiger partial charge >= 0.3 is 0 Å². The van der Waals surface area contributed by atoms with E-state index < -0.39 is 11.1 Å². The summed E-state index contributed by atoms with van der Waals surface area (Å²) in [5.74, 6) is 0.287. The minimum absolute atomic E-state index is 0.236. The van der Waals surface area contributed by atoms with E-state index in [2.05, 4.69) is 21.2 Å². The first-order valence-electron chi connectivity index (χ1n) is 8.35. The van der Waals surface area contributed by atoms with Crippen molar-refractivity contribution in [1.29, 1.82) is 0 Å². The molecule has 2 aromatic rings. The highest BCUT2D eigenvalue weighted by Crippen LogP contribution is 2.33. The highest BCUT2D eigenvalue weighted by molar-refractivity contribution is 9.10. The summed E-state index contributed by atoms with van der Waals surface area (Å²) in [6.45, 7) is 2.16. The van der Waals surface area contributed by atoms with Gasteiger partial charge in [-0.15, -0.1) is 0 Å². The Labute approximate surface area is 169 Å². The largest absolute Gasteiger partial charge is 0.457 e. The summed E-state index contributed by atoms with van der Waals surface area (Å²) in [6, 6.07) is 11.2. The van der Waals surface area contributed by atoms with Crippen LogP contribution >= 0.6 is 27.7 Å². The third-order valence-electron chi connectivity index (χ3n) is 3.78. The summed E-state index contributed by atoms with van der Waals surface area (Å²) < 4.78 is 6.73. The second-order valence-electron chi connectivity index (χ2n) is 5.83. The normalized spacial score (nSPS) is 15.6. The minimum atomic E-state index is -0.488. The lowest BCUT2D eigenvalue weighted by Gasteiger charge is -2.11. The van der Waals surface area contributed by atoms with Gasteiger partial charge in [0.25, 0.3) is 11.1 Å². The van der Waals surface area contributed by atoms with Gasteiger partial charge < -0.3 is 9.73 Å². The summed E-state index contributed by atoms with van der Waals surface area (Å²) in [4.78, 5) is 37.5. The van der Waals surface area contributed by atoms with Crippen molar-refractivity contribution in [3.8, 4) is 11.3 Å². The van der Waals surface area contributed by atoms with Gasteiger partial charge in [-0.05, 0) is 42.4 Å². The number of carbonyl (C=O) groups is 3. The van der Waals surface area contributed by atoms with Crippen LogP contribution in [-0.2, 0) is 9.59 Å². The van der Waals surface area contributed by atoms with E-state index in [1.165, 1.54) is 6.08 Å². The van der Waals surface area contributed by atoms with Crippen molar-refractivity contribution in [2.45, 2.75) is 13.3 Å². The molecule has 3 amide bonds. The van der Waals surface area contributed by atoms with Gasteiger partial charge in [-0.3, -0.25) is 19.3 Å². The molecule has 6 nitrogen and oxygen atoms in total. The standard InChI is InChI=1S/C19H17BrN2O4S/c1-2-9-21-17(23)11-22-18(24)16(27-19(22)25)10-14-7-8-15(26-14)12-3-5-13(20)6-4-12/h3-8,10H,2,9,11H2,1H3,(H,21,23)/b16-10-. The van der Waals surface area contributed by atoms with Gasteiger partial charge in [-0.1, -0.05) is 35.0 Å². The number of nitrogens with one attached hydrogen (secondary N) is 1. The Bertz CT molecular complexity index is 905. The van der Waals surface area contributed by atoms with Crippen LogP contribution in [0.15, 0.2) is 50.2 Å². The van der Waals surface area contributed by atoms with Gasteiger partial charge in [0.2, 0.25) is 5.91 Å². The number of nitrogens with zero attached hydrogens (tertiary/aromatic N) is 1. The van der Waals surface area contributed by atoms with Gasteiger partial charge in [0.05, 0.1) is 4.91 Å². The van der Waals surface area contributed by atoms with Gasteiger partial charge in [0, 0.05) is 22.7 Å². The second-order valence-corrected chi connectivity index (χ2v) is 7.74. The van der Waals surface area contributed by atoms with Crippen LogP contribution in [0.25, 0.3) is 17.4 Å². The van der Waals surface area contributed by atoms with Crippen LogP contribution < -0.4 is 5.32 Å². The van der Waals surface area contributed by atoms with E-state index in [-0.39, 0.29) is 17.4 Å². The van der Waals surface area contributed by atoms with E-state index in [0.29, 0.717) is 18.1 Å². The van der Waals surface area contributed by atoms with Crippen LogP contribution in [0.2, 0.25) is 0 Å². The number of hydrogen-bond donors (Lipinski definition) is 1. The van der Waals surface area contributed by atoms with E-state index in [4.69, 9.17) is 4.42 Å². The molecule has 0 bridgehead atoms. The second kappa shape index (κ2) is 8.58. The smallest absolute Gasteiger partial charge is 0.294 e. The van der Waals surface area contributed by atoms with Crippen LogP contribution in [0.5, 0.6) is 0 Å². The lowest BCUT2D eigenvalue weighted by atomic mass is 10.2. The monoisotopic (exact) mass is 448 g/mol. The lowest BCUT2D eigenvalue weighted by Crippen LogP contribution is -2.39. The number of halogens is 1. The molecule has 1 N–H and O–H groups in total. The molecule has 140 valence electrons. The Morgan fingerprint density at radius 1 is 1.22 bits per heavy atom. The van der Waals surface area contributed by atoms with Crippen molar-refractivity contribution in [2.75, 3.05) is 13.1 Å². The van der Waals surface area contributed by atoms with Crippen molar-refractivity contribution < 1.29 is 18.8 Å². The molecule has 0 aliphatic carbocycles. The van der Waals surface area contributed by atoms with E-state index in [9.17, 15) is 14.4 Å². The predicted molar refractivity (Wildman–Crippen MR) is 108 cm³/mol. The SMILES string of the molecule is CCCNC(=O)CN1C(=O)S/C(=C\c2ccc(-c3ccc(Br)cc3)o2)C1=O. The Balaban J connectivity index is 1.72. The molecule has 0 spiro atoms. The van der Waals surface area contributed by atoms with Crippen molar-refractivity contribution in [3.63, 3.8) is 0 Å². The van der Waals surface area contributed by atoms with E-state index >= 15 is 0 Å². The summed E-state index contributed by atoms with van der Waals surface area (Å²) in [5.41, 5.74) is 0.901. The van der Waals surface area contributed by atoms with Crippen LogP contribution in [0.3, 0.4) is 0 Å². The number of amides is 3. The molecular formula is C19H17BrN2O4S. The number of rotatable bonds is 6. The highest BCUT2D eigenvalue weighted by atomic mass is 79.9. The van der Waals surface area contributed by atoms with Crippen LogP contribution in [0.4, 0.5) is 4.79 Å². The maximum Gasteiger partial charge on any atom is 0.294 e. The zero-order valence-corrected chi connectivity index (χ0v) is 16.9. The summed E-state index contributed by atoms with van der Waals surface area (Å²) >= 11 is 4.19. The zero-order valence-electron chi connectivity index (χ0n) is 14.5. The zero-order chi connectivity index (χ0) is 19.4. The van der Waals surface area contributed by atoms with Crippen molar-refractivity contribution in [2.24, 2.45) is 0 Å². The number of furan rings is 1. The van der Waals surface area contributed by atoms with Gasteiger partial charge in [0.1, 0.15) is 18.1 Å². The average molecular weight is 449 g/mol. The molecule has 27 heavy (non-hydrogen) atoms. The fourth-order valence-corrected chi connectivity index (χ4v) is 3.51. The van der Waals surface area contributed by atoms with Crippen molar-refractivity contribution in [3.05, 3.63) is 51.5 Å². The number of thioether (sulfide) groups is 1. The van der Waals surface area contributed by atoms with Crippen LogP contribution in [-0.4, -0.2) is 35.0 Å². The number of hydrogen-bond acceptors (Lipinski definition) is 5. The van der Waals surface area contributed by atoms with Crippen molar-refractivity contribution in [1.82, 2.24) is 10.2 Å². The Hall–Kier alpha value is -2.32. The third-order valence-corrected chi connectivity index (χ3v) is 5.21. The first kappa shape index (κ1) is 19.4. The topological polar surface area (TPSA) is 79.6 Å². The molecule has 1 aromatic heterocycles. The molecule has 1 aromatic carbocycles. The number of benzene rings is 1.